The highest BCUT2D eigenvalue weighted by atomic mass is 19.1. The van der Waals surface area contributed by atoms with Crippen LogP contribution in [0, 0.1) is 5.82 Å². The van der Waals surface area contributed by atoms with Crippen LogP contribution in [0.15, 0.2) is 42.5 Å². The number of ether oxygens (including phenoxy) is 2. The Balaban J connectivity index is 1.99. The minimum atomic E-state index is -0.335. The zero-order chi connectivity index (χ0) is 15.2. The molecule has 0 spiro atoms. The summed E-state index contributed by atoms with van der Waals surface area (Å²) < 4.78 is 24.0. The van der Waals surface area contributed by atoms with Gasteiger partial charge in [-0.05, 0) is 36.6 Å². The SMILES string of the molecule is COc1ccc(CCC(N)c2ccc(OC)cc2F)cc1. The molecule has 0 fully saturated rings. The lowest BCUT2D eigenvalue weighted by molar-refractivity contribution is 0.410. The molecular weight excluding hydrogens is 269 g/mol. The predicted octanol–water partition coefficient (Wildman–Crippen LogP) is 3.48. The molecule has 4 heteroatoms. The fourth-order valence-electron chi connectivity index (χ4n) is 2.21. The van der Waals surface area contributed by atoms with E-state index >= 15 is 0 Å². The molecule has 0 aromatic heterocycles. The zero-order valence-corrected chi connectivity index (χ0v) is 12.3. The average Bonchev–Trinajstić information content (AvgIpc) is 2.52. The van der Waals surface area contributed by atoms with E-state index in [4.69, 9.17) is 15.2 Å². The molecule has 3 nitrogen and oxygen atoms in total. The maximum absolute atomic E-state index is 13.9. The summed E-state index contributed by atoms with van der Waals surface area (Å²) in [5, 5.41) is 0. The van der Waals surface area contributed by atoms with Crippen LogP contribution < -0.4 is 15.2 Å². The molecule has 0 radical (unpaired) electrons. The monoisotopic (exact) mass is 289 g/mol. The van der Waals surface area contributed by atoms with E-state index in [0.29, 0.717) is 17.7 Å². The molecule has 0 saturated heterocycles. The highest BCUT2D eigenvalue weighted by Gasteiger charge is 2.12. The van der Waals surface area contributed by atoms with E-state index in [0.717, 1.165) is 17.7 Å². The fourth-order valence-corrected chi connectivity index (χ4v) is 2.21. The number of hydrogen-bond donors (Lipinski definition) is 1. The second-order valence-corrected chi connectivity index (χ2v) is 4.88. The van der Waals surface area contributed by atoms with E-state index < -0.39 is 0 Å². The number of rotatable bonds is 6. The summed E-state index contributed by atoms with van der Waals surface area (Å²) in [6.45, 7) is 0. The molecule has 0 aliphatic carbocycles. The van der Waals surface area contributed by atoms with Crippen LogP contribution in [0.25, 0.3) is 0 Å². The number of halogens is 1. The second-order valence-electron chi connectivity index (χ2n) is 4.88. The van der Waals surface area contributed by atoms with Crippen molar-refractivity contribution in [2.75, 3.05) is 14.2 Å². The van der Waals surface area contributed by atoms with Crippen molar-refractivity contribution in [2.24, 2.45) is 5.73 Å². The lowest BCUT2D eigenvalue weighted by Crippen LogP contribution is -2.13. The maximum atomic E-state index is 13.9. The van der Waals surface area contributed by atoms with Gasteiger partial charge in [0.2, 0.25) is 0 Å². The number of methoxy groups -OCH3 is 2. The normalized spacial score (nSPS) is 12.0. The van der Waals surface area contributed by atoms with Gasteiger partial charge in [0.1, 0.15) is 17.3 Å². The van der Waals surface area contributed by atoms with Crippen LogP contribution in [0.2, 0.25) is 0 Å². The lowest BCUT2D eigenvalue weighted by Gasteiger charge is -2.14. The van der Waals surface area contributed by atoms with Gasteiger partial charge < -0.3 is 15.2 Å². The van der Waals surface area contributed by atoms with Crippen LogP contribution in [0.1, 0.15) is 23.6 Å². The van der Waals surface area contributed by atoms with Crippen molar-refractivity contribution < 1.29 is 13.9 Å². The van der Waals surface area contributed by atoms with Crippen LogP contribution >= 0.6 is 0 Å². The first kappa shape index (κ1) is 15.3. The van der Waals surface area contributed by atoms with Crippen molar-refractivity contribution in [2.45, 2.75) is 18.9 Å². The average molecular weight is 289 g/mol. The fraction of sp³-hybridized carbons (Fsp3) is 0.294. The molecule has 1 unspecified atom stereocenters. The van der Waals surface area contributed by atoms with Gasteiger partial charge >= 0.3 is 0 Å². The van der Waals surface area contributed by atoms with Crippen molar-refractivity contribution in [3.8, 4) is 11.5 Å². The summed E-state index contributed by atoms with van der Waals surface area (Å²) >= 11 is 0. The summed E-state index contributed by atoms with van der Waals surface area (Å²) in [4.78, 5) is 0. The maximum Gasteiger partial charge on any atom is 0.131 e. The molecule has 2 aromatic rings. The smallest absolute Gasteiger partial charge is 0.131 e. The molecular formula is C17H20FNO2. The molecule has 0 bridgehead atoms. The largest absolute Gasteiger partial charge is 0.497 e. The first-order valence-corrected chi connectivity index (χ1v) is 6.86. The van der Waals surface area contributed by atoms with Crippen LogP contribution in [0.5, 0.6) is 11.5 Å². The molecule has 2 N–H and O–H groups in total. The zero-order valence-electron chi connectivity index (χ0n) is 12.3. The second kappa shape index (κ2) is 7.09. The van der Waals surface area contributed by atoms with Gasteiger partial charge in [-0.25, -0.2) is 4.39 Å². The van der Waals surface area contributed by atoms with Gasteiger partial charge in [-0.1, -0.05) is 18.2 Å². The molecule has 0 aliphatic heterocycles. The third kappa shape index (κ3) is 3.95. The van der Waals surface area contributed by atoms with E-state index in [1.165, 1.54) is 13.2 Å². The Morgan fingerprint density at radius 3 is 2.19 bits per heavy atom. The number of benzene rings is 2. The van der Waals surface area contributed by atoms with E-state index in [1.54, 1.807) is 19.2 Å². The Kier molecular flexibility index (Phi) is 5.17. The quantitative estimate of drug-likeness (QED) is 0.885. The summed E-state index contributed by atoms with van der Waals surface area (Å²) in [5.41, 5.74) is 7.76. The van der Waals surface area contributed by atoms with E-state index in [9.17, 15) is 4.39 Å². The van der Waals surface area contributed by atoms with Gasteiger partial charge in [0, 0.05) is 17.7 Å². The number of aryl methyl sites for hydroxylation is 1. The van der Waals surface area contributed by atoms with Gasteiger partial charge in [0.25, 0.3) is 0 Å². The molecule has 2 aromatic carbocycles. The summed E-state index contributed by atoms with van der Waals surface area (Å²) in [6.07, 6.45) is 1.46. The van der Waals surface area contributed by atoms with Crippen LogP contribution in [-0.2, 0) is 6.42 Å². The Morgan fingerprint density at radius 2 is 1.62 bits per heavy atom. The standard InChI is InChI=1S/C17H20FNO2/c1-20-13-6-3-12(4-7-13)5-10-17(19)15-9-8-14(21-2)11-16(15)18/h3-4,6-9,11,17H,5,10,19H2,1-2H3. The lowest BCUT2D eigenvalue weighted by atomic mass is 9.99. The van der Waals surface area contributed by atoms with E-state index in [-0.39, 0.29) is 11.9 Å². The topological polar surface area (TPSA) is 44.5 Å². The van der Waals surface area contributed by atoms with Gasteiger partial charge in [-0.2, -0.15) is 0 Å². The Morgan fingerprint density at radius 1 is 1.00 bits per heavy atom. The Bertz CT molecular complexity index is 584. The van der Waals surface area contributed by atoms with Crippen molar-refractivity contribution >= 4 is 0 Å². The number of nitrogens with two attached hydrogens (primary N) is 1. The van der Waals surface area contributed by atoms with Crippen molar-refractivity contribution in [1.82, 2.24) is 0 Å². The molecule has 21 heavy (non-hydrogen) atoms. The van der Waals surface area contributed by atoms with Crippen molar-refractivity contribution in [3.05, 3.63) is 59.4 Å². The molecule has 2 rings (SSSR count). The van der Waals surface area contributed by atoms with E-state index in [1.807, 2.05) is 24.3 Å². The van der Waals surface area contributed by atoms with Gasteiger partial charge in [0.05, 0.1) is 14.2 Å². The summed E-state index contributed by atoms with van der Waals surface area (Å²) in [7, 11) is 3.15. The van der Waals surface area contributed by atoms with Gasteiger partial charge in [-0.3, -0.25) is 0 Å². The van der Waals surface area contributed by atoms with E-state index in [2.05, 4.69) is 0 Å². The highest BCUT2D eigenvalue weighted by molar-refractivity contribution is 5.31. The van der Waals surface area contributed by atoms with Crippen LogP contribution in [0.4, 0.5) is 4.39 Å². The van der Waals surface area contributed by atoms with Crippen molar-refractivity contribution in [3.63, 3.8) is 0 Å². The third-order valence-corrected chi connectivity index (χ3v) is 3.51. The molecule has 0 saturated carbocycles. The molecule has 0 aliphatic rings. The van der Waals surface area contributed by atoms with Crippen LogP contribution in [0.3, 0.4) is 0 Å². The predicted molar refractivity (Wildman–Crippen MR) is 81.2 cm³/mol. The first-order valence-electron chi connectivity index (χ1n) is 6.86. The highest BCUT2D eigenvalue weighted by Crippen LogP contribution is 2.24. The van der Waals surface area contributed by atoms with Crippen molar-refractivity contribution in [1.29, 1.82) is 0 Å². The molecule has 1 atom stereocenters. The summed E-state index contributed by atoms with van der Waals surface area (Å²) in [5.74, 6) is 0.999. The Labute approximate surface area is 124 Å². The van der Waals surface area contributed by atoms with Gasteiger partial charge in [0.15, 0.2) is 0 Å². The Hall–Kier alpha value is -2.07. The van der Waals surface area contributed by atoms with Gasteiger partial charge in [-0.15, -0.1) is 0 Å². The first-order chi connectivity index (χ1) is 10.1. The molecule has 112 valence electrons. The molecule has 0 heterocycles. The number of hydrogen-bond acceptors (Lipinski definition) is 3. The minimum Gasteiger partial charge on any atom is -0.497 e. The molecule has 0 amide bonds. The third-order valence-electron chi connectivity index (χ3n) is 3.51. The summed E-state index contributed by atoms with van der Waals surface area (Å²) in [6, 6.07) is 12.3. The van der Waals surface area contributed by atoms with Crippen LogP contribution in [-0.4, -0.2) is 14.2 Å². The minimum absolute atomic E-state index is 0.323.